The highest BCUT2D eigenvalue weighted by molar-refractivity contribution is 5.62. The molecule has 118 valence electrons. The van der Waals surface area contributed by atoms with E-state index in [4.69, 9.17) is 10.5 Å². The summed E-state index contributed by atoms with van der Waals surface area (Å²) in [7, 11) is 0. The van der Waals surface area contributed by atoms with Crippen LogP contribution in [0.4, 0.5) is 0 Å². The molecule has 0 spiro atoms. The van der Waals surface area contributed by atoms with E-state index in [0.717, 1.165) is 17.0 Å². The summed E-state index contributed by atoms with van der Waals surface area (Å²) in [5.74, 6) is 0.804. The first-order chi connectivity index (χ1) is 10.4. The predicted molar refractivity (Wildman–Crippen MR) is 90.2 cm³/mol. The second-order valence-corrected chi connectivity index (χ2v) is 5.91. The van der Waals surface area contributed by atoms with Gasteiger partial charge < -0.3 is 15.0 Å². The number of rotatable bonds is 5. The van der Waals surface area contributed by atoms with Crippen molar-refractivity contribution < 1.29 is 4.74 Å². The van der Waals surface area contributed by atoms with Gasteiger partial charge in [0.05, 0.1) is 11.8 Å². The first-order valence-corrected chi connectivity index (χ1v) is 7.65. The Balaban J connectivity index is 2.57. The van der Waals surface area contributed by atoms with Crippen molar-refractivity contribution in [3.8, 4) is 17.0 Å². The summed E-state index contributed by atoms with van der Waals surface area (Å²) in [6.45, 7) is 8.24. The van der Waals surface area contributed by atoms with Gasteiger partial charge in [-0.2, -0.15) is 0 Å². The molecule has 0 saturated carbocycles. The van der Waals surface area contributed by atoms with E-state index in [1.165, 1.54) is 0 Å². The summed E-state index contributed by atoms with van der Waals surface area (Å²) in [6, 6.07) is 11.7. The standard InChI is InChI=1S/C18H24N2O2/c1-12(2)20-17(9-8-15(11-19)18(20)21)14-6-5-7-16(10-14)22-13(3)4/h5-10,12-13H,11,19H2,1-4H3. The highest BCUT2D eigenvalue weighted by atomic mass is 16.5. The van der Waals surface area contributed by atoms with E-state index in [1.807, 2.05) is 64.1 Å². The average molecular weight is 300 g/mol. The van der Waals surface area contributed by atoms with Crippen molar-refractivity contribution in [2.24, 2.45) is 5.73 Å². The summed E-state index contributed by atoms with van der Waals surface area (Å²) in [4.78, 5) is 12.5. The fraction of sp³-hybridized carbons (Fsp3) is 0.389. The van der Waals surface area contributed by atoms with Gasteiger partial charge in [-0.25, -0.2) is 0 Å². The molecule has 0 radical (unpaired) electrons. The van der Waals surface area contributed by atoms with Crippen LogP contribution in [0.5, 0.6) is 5.75 Å². The molecule has 1 heterocycles. The largest absolute Gasteiger partial charge is 0.491 e. The second-order valence-electron chi connectivity index (χ2n) is 5.91. The molecule has 2 rings (SSSR count). The zero-order valence-corrected chi connectivity index (χ0v) is 13.7. The van der Waals surface area contributed by atoms with Gasteiger partial charge in [-0.05, 0) is 45.9 Å². The zero-order chi connectivity index (χ0) is 16.3. The summed E-state index contributed by atoms with van der Waals surface area (Å²) in [6.07, 6.45) is 0.113. The molecule has 0 aliphatic heterocycles. The minimum Gasteiger partial charge on any atom is -0.491 e. The number of nitrogens with zero attached hydrogens (tertiary/aromatic N) is 1. The van der Waals surface area contributed by atoms with Crippen LogP contribution < -0.4 is 16.0 Å². The fourth-order valence-corrected chi connectivity index (χ4v) is 2.50. The van der Waals surface area contributed by atoms with E-state index in [-0.39, 0.29) is 24.2 Å². The van der Waals surface area contributed by atoms with Crippen LogP contribution >= 0.6 is 0 Å². The van der Waals surface area contributed by atoms with Gasteiger partial charge in [0.2, 0.25) is 0 Å². The first kappa shape index (κ1) is 16.3. The lowest BCUT2D eigenvalue weighted by Gasteiger charge is -2.18. The van der Waals surface area contributed by atoms with Crippen LogP contribution in [0.15, 0.2) is 41.2 Å². The van der Waals surface area contributed by atoms with Gasteiger partial charge in [-0.15, -0.1) is 0 Å². The molecule has 0 amide bonds. The number of pyridine rings is 1. The maximum absolute atomic E-state index is 12.5. The van der Waals surface area contributed by atoms with Gasteiger partial charge in [0.25, 0.3) is 5.56 Å². The Kier molecular flexibility index (Phi) is 5.03. The molecule has 2 aromatic rings. The highest BCUT2D eigenvalue weighted by Gasteiger charge is 2.13. The molecule has 4 nitrogen and oxygen atoms in total. The predicted octanol–water partition coefficient (Wildman–Crippen LogP) is 3.34. The summed E-state index contributed by atoms with van der Waals surface area (Å²) >= 11 is 0. The lowest BCUT2D eigenvalue weighted by Crippen LogP contribution is -2.27. The Bertz CT molecular complexity index is 702. The first-order valence-electron chi connectivity index (χ1n) is 7.65. The van der Waals surface area contributed by atoms with E-state index in [1.54, 1.807) is 4.57 Å². The molecular weight excluding hydrogens is 276 g/mol. The van der Waals surface area contributed by atoms with Gasteiger partial charge in [-0.1, -0.05) is 18.2 Å². The molecule has 0 fully saturated rings. The molecule has 0 aliphatic rings. The third-order valence-corrected chi connectivity index (χ3v) is 3.43. The lowest BCUT2D eigenvalue weighted by molar-refractivity contribution is 0.242. The van der Waals surface area contributed by atoms with E-state index in [0.29, 0.717) is 5.56 Å². The summed E-state index contributed by atoms with van der Waals surface area (Å²) in [5, 5.41) is 0. The molecule has 0 saturated heterocycles. The third-order valence-electron chi connectivity index (χ3n) is 3.43. The van der Waals surface area contributed by atoms with Crippen molar-refractivity contribution in [3.05, 3.63) is 52.3 Å². The maximum Gasteiger partial charge on any atom is 0.255 e. The SMILES string of the molecule is CC(C)Oc1cccc(-c2ccc(CN)c(=O)n2C(C)C)c1. The quantitative estimate of drug-likeness (QED) is 0.921. The maximum atomic E-state index is 12.5. The number of hydrogen-bond acceptors (Lipinski definition) is 3. The Hall–Kier alpha value is -2.07. The number of nitrogens with two attached hydrogens (primary N) is 1. The van der Waals surface area contributed by atoms with Crippen LogP contribution in [-0.2, 0) is 6.54 Å². The van der Waals surface area contributed by atoms with Crippen molar-refractivity contribution in [1.29, 1.82) is 0 Å². The van der Waals surface area contributed by atoms with Gasteiger partial charge in [0.1, 0.15) is 5.75 Å². The molecule has 0 bridgehead atoms. The Morgan fingerprint density at radius 3 is 2.45 bits per heavy atom. The van der Waals surface area contributed by atoms with Crippen molar-refractivity contribution in [2.75, 3.05) is 0 Å². The molecule has 1 aromatic heterocycles. The Labute approximate surface area is 131 Å². The monoisotopic (exact) mass is 300 g/mol. The van der Waals surface area contributed by atoms with Crippen molar-refractivity contribution >= 4 is 0 Å². The summed E-state index contributed by atoms with van der Waals surface area (Å²) < 4.78 is 7.53. The van der Waals surface area contributed by atoms with Crippen LogP contribution in [0.2, 0.25) is 0 Å². The van der Waals surface area contributed by atoms with Crippen LogP contribution in [0, 0.1) is 0 Å². The molecule has 0 atom stereocenters. The van der Waals surface area contributed by atoms with E-state index >= 15 is 0 Å². The molecular formula is C18H24N2O2. The number of ether oxygens (including phenoxy) is 1. The minimum absolute atomic E-state index is 0.0230. The van der Waals surface area contributed by atoms with Gasteiger partial charge >= 0.3 is 0 Å². The molecule has 2 N–H and O–H groups in total. The van der Waals surface area contributed by atoms with Crippen LogP contribution in [0.25, 0.3) is 11.3 Å². The normalized spacial score (nSPS) is 11.2. The topological polar surface area (TPSA) is 57.2 Å². The summed E-state index contributed by atoms with van der Waals surface area (Å²) in [5.41, 5.74) is 8.11. The lowest BCUT2D eigenvalue weighted by atomic mass is 10.1. The van der Waals surface area contributed by atoms with Crippen molar-refractivity contribution in [2.45, 2.75) is 46.4 Å². The Morgan fingerprint density at radius 2 is 1.86 bits per heavy atom. The van der Waals surface area contributed by atoms with E-state index in [2.05, 4.69) is 0 Å². The smallest absolute Gasteiger partial charge is 0.255 e. The highest BCUT2D eigenvalue weighted by Crippen LogP contribution is 2.25. The number of benzene rings is 1. The third kappa shape index (κ3) is 3.39. The van der Waals surface area contributed by atoms with Crippen LogP contribution in [-0.4, -0.2) is 10.7 Å². The van der Waals surface area contributed by atoms with Gasteiger partial charge in [-0.3, -0.25) is 4.79 Å². The van der Waals surface area contributed by atoms with Gasteiger partial charge in [0.15, 0.2) is 0 Å². The fourth-order valence-electron chi connectivity index (χ4n) is 2.50. The molecule has 0 aliphatic carbocycles. The molecule has 1 aromatic carbocycles. The van der Waals surface area contributed by atoms with Crippen molar-refractivity contribution in [3.63, 3.8) is 0 Å². The molecule has 22 heavy (non-hydrogen) atoms. The van der Waals surface area contributed by atoms with E-state index < -0.39 is 0 Å². The molecule has 0 unspecified atom stereocenters. The minimum atomic E-state index is -0.0230. The van der Waals surface area contributed by atoms with Crippen LogP contribution in [0.1, 0.15) is 39.3 Å². The molecule has 4 heteroatoms. The van der Waals surface area contributed by atoms with Crippen molar-refractivity contribution in [1.82, 2.24) is 4.57 Å². The van der Waals surface area contributed by atoms with Crippen LogP contribution in [0.3, 0.4) is 0 Å². The second kappa shape index (κ2) is 6.79. The Morgan fingerprint density at radius 1 is 1.14 bits per heavy atom. The average Bonchev–Trinajstić information content (AvgIpc) is 2.46. The van der Waals surface area contributed by atoms with Gasteiger partial charge in [0, 0.05) is 23.7 Å². The number of hydrogen-bond donors (Lipinski definition) is 1. The zero-order valence-electron chi connectivity index (χ0n) is 13.7. The number of aromatic nitrogens is 1. The van der Waals surface area contributed by atoms with E-state index in [9.17, 15) is 4.79 Å².